The quantitative estimate of drug-likeness (QED) is 0.573. The summed E-state index contributed by atoms with van der Waals surface area (Å²) in [7, 11) is 3.24. The van der Waals surface area contributed by atoms with Gasteiger partial charge < -0.3 is 24.8 Å². The third kappa shape index (κ3) is 6.11. The molecular formula is C25H31ClN2O5. The summed E-state index contributed by atoms with van der Waals surface area (Å²) in [4.78, 5) is 24.1. The van der Waals surface area contributed by atoms with Gasteiger partial charge in [0, 0.05) is 24.5 Å². The number of carbonyl (C=O) groups excluding carboxylic acids is 2. The summed E-state index contributed by atoms with van der Waals surface area (Å²) in [5, 5.41) is 6.13. The topological polar surface area (TPSA) is 85.9 Å². The van der Waals surface area contributed by atoms with Crippen LogP contribution in [0.15, 0.2) is 30.3 Å². The average molecular weight is 475 g/mol. The van der Waals surface area contributed by atoms with Crippen molar-refractivity contribution >= 4 is 23.4 Å². The van der Waals surface area contributed by atoms with Gasteiger partial charge in [-0.2, -0.15) is 0 Å². The van der Waals surface area contributed by atoms with E-state index in [1.165, 1.54) is 6.92 Å². The van der Waals surface area contributed by atoms with E-state index >= 15 is 0 Å². The van der Waals surface area contributed by atoms with Crippen molar-refractivity contribution < 1.29 is 23.8 Å². The molecular weight excluding hydrogens is 444 g/mol. The molecule has 2 atom stereocenters. The van der Waals surface area contributed by atoms with Gasteiger partial charge in [-0.25, -0.2) is 0 Å². The van der Waals surface area contributed by atoms with E-state index in [1.54, 1.807) is 14.2 Å². The van der Waals surface area contributed by atoms with Gasteiger partial charge in [0.2, 0.25) is 11.8 Å². The Bertz CT molecular complexity index is 1020. The largest absolute Gasteiger partial charge is 0.497 e. The van der Waals surface area contributed by atoms with Crippen molar-refractivity contribution in [3.05, 3.63) is 40.9 Å². The zero-order chi connectivity index (χ0) is 24.1. The van der Waals surface area contributed by atoms with E-state index in [0.717, 1.165) is 22.4 Å². The Morgan fingerprint density at radius 2 is 1.94 bits per heavy atom. The number of fused-ring (bicyclic) bond motifs is 1. The van der Waals surface area contributed by atoms with Gasteiger partial charge in [-0.1, -0.05) is 25.4 Å². The first-order valence-electron chi connectivity index (χ1n) is 11.0. The lowest BCUT2D eigenvalue weighted by molar-refractivity contribution is -0.128. The minimum atomic E-state index is -0.568. The first-order valence-corrected chi connectivity index (χ1v) is 11.4. The lowest BCUT2D eigenvalue weighted by Crippen LogP contribution is -2.48. The van der Waals surface area contributed by atoms with Crippen LogP contribution in [-0.2, 0) is 16.0 Å². The van der Waals surface area contributed by atoms with Crippen LogP contribution in [0.25, 0.3) is 11.1 Å². The highest BCUT2D eigenvalue weighted by Crippen LogP contribution is 2.42. The number of halogens is 1. The van der Waals surface area contributed by atoms with E-state index in [4.69, 9.17) is 25.8 Å². The van der Waals surface area contributed by atoms with E-state index in [2.05, 4.69) is 10.6 Å². The molecule has 0 spiro atoms. The van der Waals surface area contributed by atoms with Crippen LogP contribution in [0.1, 0.15) is 32.8 Å². The number of amides is 2. The highest BCUT2D eigenvalue weighted by atomic mass is 35.5. The first-order chi connectivity index (χ1) is 15.7. The minimum absolute atomic E-state index is 0.216. The van der Waals surface area contributed by atoms with E-state index in [-0.39, 0.29) is 23.8 Å². The second kappa shape index (κ2) is 10.8. The fraction of sp³-hybridized carbons (Fsp3) is 0.440. The molecule has 2 aromatic carbocycles. The van der Waals surface area contributed by atoms with Gasteiger partial charge in [0.05, 0.1) is 25.8 Å². The number of hydrogen-bond acceptors (Lipinski definition) is 5. The highest BCUT2D eigenvalue weighted by molar-refractivity contribution is 6.32. The molecule has 1 heterocycles. The van der Waals surface area contributed by atoms with Crippen molar-refractivity contribution in [2.24, 2.45) is 5.92 Å². The van der Waals surface area contributed by atoms with Crippen molar-refractivity contribution in [2.45, 2.75) is 45.8 Å². The summed E-state index contributed by atoms with van der Waals surface area (Å²) in [6.07, 6.45) is 0.917. The molecule has 178 valence electrons. The molecule has 0 aliphatic carbocycles. The maximum atomic E-state index is 12.6. The van der Waals surface area contributed by atoms with Crippen LogP contribution < -0.4 is 24.8 Å². The van der Waals surface area contributed by atoms with Gasteiger partial charge in [0.15, 0.2) is 0 Å². The second-order valence-corrected chi connectivity index (χ2v) is 8.99. The Morgan fingerprint density at radius 3 is 2.58 bits per heavy atom. The molecule has 2 aromatic rings. The molecule has 0 radical (unpaired) electrons. The molecule has 0 unspecified atom stereocenters. The molecule has 0 saturated heterocycles. The van der Waals surface area contributed by atoms with Crippen molar-refractivity contribution in [3.8, 4) is 28.4 Å². The molecule has 33 heavy (non-hydrogen) atoms. The Balaban J connectivity index is 1.73. The molecule has 0 saturated carbocycles. The van der Waals surface area contributed by atoms with Gasteiger partial charge >= 0.3 is 0 Å². The first kappa shape index (κ1) is 24.7. The van der Waals surface area contributed by atoms with Gasteiger partial charge in [-0.05, 0) is 48.2 Å². The fourth-order valence-electron chi connectivity index (χ4n) is 3.98. The molecule has 0 fully saturated rings. The number of rotatable bonds is 9. The number of hydrogen-bond donors (Lipinski definition) is 2. The van der Waals surface area contributed by atoms with E-state index in [9.17, 15) is 9.59 Å². The maximum Gasteiger partial charge on any atom is 0.242 e. The molecule has 7 nitrogen and oxygen atoms in total. The van der Waals surface area contributed by atoms with Gasteiger partial charge in [-0.15, -0.1) is 0 Å². The Morgan fingerprint density at radius 1 is 1.18 bits per heavy atom. The third-order valence-electron chi connectivity index (χ3n) is 5.48. The molecule has 3 rings (SSSR count). The van der Waals surface area contributed by atoms with Crippen LogP contribution in [0.4, 0.5) is 0 Å². The van der Waals surface area contributed by atoms with Gasteiger partial charge in [-0.3, -0.25) is 9.59 Å². The van der Waals surface area contributed by atoms with Crippen LogP contribution in [0.5, 0.6) is 17.2 Å². The Hall–Kier alpha value is -2.93. The average Bonchev–Trinajstić information content (AvgIpc) is 3.19. The standard InChI is InChI=1S/C25H31ClN2O5/c1-14(2)8-22(28-15(3)29)25(30)27-13-19-10-17-9-16(11-21(26)24(17)33-19)20-12-18(31-4)6-7-23(20)32-5/h6-7,9,11-12,14,19,22H,8,10,13H2,1-5H3,(H,27,30)(H,28,29)/t19-,22-/m0/s1. The Labute approximate surface area is 199 Å². The lowest BCUT2D eigenvalue weighted by Gasteiger charge is -2.20. The summed E-state index contributed by atoms with van der Waals surface area (Å²) in [5.41, 5.74) is 2.72. The van der Waals surface area contributed by atoms with E-state index in [0.29, 0.717) is 35.9 Å². The minimum Gasteiger partial charge on any atom is -0.497 e. The smallest absolute Gasteiger partial charge is 0.242 e. The Kier molecular flexibility index (Phi) is 8.08. The number of methoxy groups -OCH3 is 2. The van der Waals surface area contributed by atoms with Crippen LogP contribution in [0.3, 0.4) is 0 Å². The summed E-state index contributed by atoms with van der Waals surface area (Å²) in [5.74, 6) is 1.88. The summed E-state index contributed by atoms with van der Waals surface area (Å²) in [6, 6.07) is 8.90. The predicted octanol–water partition coefficient (Wildman–Crippen LogP) is 3.99. The van der Waals surface area contributed by atoms with Crippen molar-refractivity contribution in [3.63, 3.8) is 0 Å². The molecule has 2 amide bonds. The normalized spacial score (nSPS) is 15.4. The lowest BCUT2D eigenvalue weighted by atomic mass is 9.99. The van der Waals surface area contributed by atoms with Crippen LogP contribution in [0, 0.1) is 5.92 Å². The molecule has 0 bridgehead atoms. The molecule has 8 heteroatoms. The van der Waals surface area contributed by atoms with Crippen LogP contribution in [0.2, 0.25) is 5.02 Å². The maximum absolute atomic E-state index is 12.6. The monoisotopic (exact) mass is 474 g/mol. The molecule has 1 aliphatic rings. The molecule has 1 aliphatic heterocycles. The van der Waals surface area contributed by atoms with Crippen molar-refractivity contribution in [2.75, 3.05) is 20.8 Å². The van der Waals surface area contributed by atoms with Crippen LogP contribution >= 0.6 is 11.6 Å². The summed E-state index contributed by atoms with van der Waals surface area (Å²) >= 11 is 6.56. The predicted molar refractivity (Wildman–Crippen MR) is 128 cm³/mol. The van der Waals surface area contributed by atoms with Gasteiger partial charge in [0.1, 0.15) is 29.4 Å². The summed E-state index contributed by atoms with van der Waals surface area (Å²) in [6.45, 7) is 5.75. The number of benzene rings is 2. The van der Waals surface area contributed by atoms with Gasteiger partial charge in [0.25, 0.3) is 0 Å². The summed E-state index contributed by atoms with van der Waals surface area (Å²) < 4.78 is 16.9. The zero-order valence-corrected chi connectivity index (χ0v) is 20.4. The third-order valence-corrected chi connectivity index (χ3v) is 5.76. The zero-order valence-electron chi connectivity index (χ0n) is 19.7. The van der Waals surface area contributed by atoms with E-state index in [1.807, 2.05) is 44.2 Å². The van der Waals surface area contributed by atoms with Crippen molar-refractivity contribution in [1.82, 2.24) is 10.6 Å². The number of carbonyl (C=O) groups is 2. The highest BCUT2D eigenvalue weighted by Gasteiger charge is 2.28. The number of ether oxygens (including phenoxy) is 3. The SMILES string of the molecule is COc1ccc(OC)c(-c2cc(Cl)c3c(c2)C[C@@H](CNC(=O)[C@H](CC(C)C)NC(C)=O)O3)c1. The molecule has 2 N–H and O–H groups in total. The fourth-order valence-corrected chi connectivity index (χ4v) is 4.27. The van der Waals surface area contributed by atoms with E-state index < -0.39 is 6.04 Å². The molecule has 0 aromatic heterocycles. The van der Waals surface area contributed by atoms with Crippen molar-refractivity contribution in [1.29, 1.82) is 0 Å². The van der Waals surface area contributed by atoms with Crippen LogP contribution in [-0.4, -0.2) is 44.7 Å². The second-order valence-electron chi connectivity index (χ2n) is 8.58. The number of nitrogens with one attached hydrogen (secondary N) is 2.